The summed E-state index contributed by atoms with van der Waals surface area (Å²) < 4.78 is 10.7. The van der Waals surface area contributed by atoms with Crippen LogP contribution in [0.2, 0.25) is 0 Å². The van der Waals surface area contributed by atoms with Gasteiger partial charge in [0.25, 0.3) is 0 Å². The molecule has 0 aliphatic carbocycles. The summed E-state index contributed by atoms with van der Waals surface area (Å²) in [6, 6.07) is 8.81. The summed E-state index contributed by atoms with van der Waals surface area (Å²) >= 11 is 0. The van der Waals surface area contributed by atoms with Crippen LogP contribution in [0.25, 0.3) is 0 Å². The number of furan rings is 1. The second-order valence-electron chi connectivity index (χ2n) is 4.64. The fourth-order valence-corrected chi connectivity index (χ4v) is 2.45. The average molecular weight is 243 g/mol. The fraction of sp³-hybridized carbons (Fsp3) is 0.333. The van der Waals surface area contributed by atoms with Gasteiger partial charge in [-0.15, -0.1) is 0 Å². The van der Waals surface area contributed by atoms with Crippen LogP contribution in [0.4, 0.5) is 0 Å². The van der Waals surface area contributed by atoms with E-state index in [0.717, 1.165) is 25.2 Å². The molecule has 1 unspecified atom stereocenters. The van der Waals surface area contributed by atoms with Crippen LogP contribution in [-0.4, -0.2) is 13.7 Å². The number of rotatable bonds is 4. The molecule has 0 bridgehead atoms. The van der Waals surface area contributed by atoms with Gasteiger partial charge in [0.1, 0.15) is 5.75 Å². The van der Waals surface area contributed by atoms with E-state index in [4.69, 9.17) is 9.15 Å². The van der Waals surface area contributed by atoms with Gasteiger partial charge >= 0.3 is 0 Å². The molecule has 1 aromatic carbocycles. The Morgan fingerprint density at radius 2 is 2.28 bits per heavy atom. The van der Waals surface area contributed by atoms with E-state index in [1.54, 1.807) is 12.5 Å². The van der Waals surface area contributed by atoms with Gasteiger partial charge in [-0.25, -0.2) is 0 Å². The van der Waals surface area contributed by atoms with Crippen molar-refractivity contribution in [2.45, 2.75) is 18.9 Å². The Hall–Kier alpha value is -1.74. The number of nitrogens with one attached hydrogen (secondary N) is 1. The van der Waals surface area contributed by atoms with Gasteiger partial charge in [-0.05, 0) is 42.3 Å². The highest BCUT2D eigenvalue weighted by atomic mass is 16.5. The van der Waals surface area contributed by atoms with Crippen molar-refractivity contribution in [1.29, 1.82) is 0 Å². The van der Waals surface area contributed by atoms with Gasteiger partial charge in [0.2, 0.25) is 0 Å². The Morgan fingerprint density at radius 3 is 3.06 bits per heavy atom. The monoisotopic (exact) mass is 243 g/mol. The summed E-state index contributed by atoms with van der Waals surface area (Å²) in [4.78, 5) is 0. The van der Waals surface area contributed by atoms with Crippen LogP contribution in [0.3, 0.4) is 0 Å². The summed E-state index contributed by atoms with van der Waals surface area (Å²) in [5, 5.41) is 3.37. The molecule has 94 valence electrons. The molecule has 1 atom stereocenters. The third-order valence-electron chi connectivity index (χ3n) is 3.48. The minimum atomic E-state index is 0.313. The van der Waals surface area contributed by atoms with Gasteiger partial charge in [-0.2, -0.15) is 0 Å². The van der Waals surface area contributed by atoms with Crippen LogP contribution in [0, 0.1) is 0 Å². The number of hydrogen-bond acceptors (Lipinski definition) is 3. The minimum Gasteiger partial charge on any atom is -0.493 e. The van der Waals surface area contributed by atoms with Gasteiger partial charge in [-0.3, -0.25) is 0 Å². The molecule has 3 nitrogen and oxygen atoms in total. The van der Waals surface area contributed by atoms with Crippen LogP contribution < -0.4 is 10.1 Å². The quantitative estimate of drug-likeness (QED) is 0.896. The van der Waals surface area contributed by atoms with Gasteiger partial charge in [0.15, 0.2) is 0 Å². The largest absolute Gasteiger partial charge is 0.493 e. The van der Waals surface area contributed by atoms with Crippen molar-refractivity contribution >= 4 is 0 Å². The van der Waals surface area contributed by atoms with E-state index in [1.807, 2.05) is 13.1 Å². The molecule has 0 amide bonds. The van der Waals surface area contributed by atoms with E-state index >= 15 is 0 Å². The van der Waals surface area contributed by atoms with E-state index in [1.165, 1.54) is 16.7 Å². The van der Waals surface area contributed by atoms with Crippen molar-refractivity contribution in [3.63, 3.8) is 0 Å². The lowest BCUT2D eigenvalue weighted by Crippen LogP contribution is -2.18. The Labute approximate surface area is 107 Å². The normalized spacial score (nSPS) is 15.2. The molecule has 1 aliphatic rings. The summed E-state index contributed by atoms with van der Waals surface area (Å²) in [7, 11) is 1.99. The summed E-state index contributed by atoms with van der Waals surface area (Å²) in [6.07, 6.45) is 5.48. The molecular weight excluding hydrogens is 226 g/mol. The number of ether oxygens (including phenoxy) is 1. The second kappa shape index (κ2) is 4.86. The Bertz CT molecular complexity index is 519. The third kappa shape index (κ3) is 2.14. The molecule has 0 spiro atoms. The molecule has 2 heterocycles. The SMILES string of the molecule is CNC(Cc1ccoc1)c1ccc2c(c1)CCO2. The van der Waals surface area contributed by atoms with E-state index < -0.39 is 0 Å². The first-order valence-electron chi connectivity index (χ1n) is 6.31. The van der Waals surface area contributed by atoms with E-state index in [0.29, 0.717) is 6.04 Å². The third-order valence-corrected chi connectivity index (χ3v) is 3.48. The van der Waals surface area contributed by atoms with Crippen LogP contribution in [-0.2, 0) is 12.8 Å². The predicted molar refractivity (Wildman–Crippen MR) is 69.9 cm³/mol. The average Bonchev–Trinajstić information content (AvgIpc) is 3.06. The van der Waals surface area contributed by atoms with Crippen LogP contribution in [0.5, 0.6) is 5.75 Å². The summed E-state index contributed by atoms with van der Waals surface area (Å²) in [5.74, 6) is 1.04. The van der Waals surface area contributed by atoms with Crippen molar-refractivity contribution in [1.82, 2.24) is 5.32 Å². The smallest absolute Gasteiger partial charge is 0.122 e. The van der Waals surface area contributed by atoms with Crippen LogP contribution >= 0.6 is 0 Å². The first-order chi connectivity index (χ1) is 8.86. The molecule has 0 saturated carbocycles. The fourth-order valence-electron chi connectivity index (χ4n) is 2.45. The van der Waals surface area contributed by atoms with Crippen LogP contribution in [0.1, 0.15) is 22.7 Å². The highest BCUT2D eigenvalue weighted by molar-refractivity contribution is 5.41. The Balaban J connectivity index is 1.83. The van der Waals surface area contributed by atoms with Gasteiger partial charge < -0.3 is 14.5 Å². The molecule has 0 fully saturated rings. The summed E-state index contributed by atoms with van der Waals surface area (Å²) in [6.45, 7) is 0.810. The number of fused-ring (bicyclic) bond motifs is 1. The van der Waals surface area contributed by atoms with E-state index in [2.05, 4.69) is 23.5 Å². The Kier molecular flexibility index (Phi) is 3.07. The second-order valence-corrected chi connectivity index (χ2v) is 4.64. The molecule has 2 aromatic rings. The molecule has 3 heteroatoms. The zero-order valence-electron chi connectivity index (χ0n) is 10.5. The Morgan fingerprint density at radius 1 is 1.33 bits per heavy atom. The predicted octanol–water partition coefficient (Wildman–Crippen LogP) is 2.72. The maximum atomic E-state index is 5.54. The molecule has 1 N–H and O–H groups in total. The molecular formula is C15H17NO2. The first kappa shape index (κ1) is 11.4. The standard InChI is InChI=1S/C15H17NO2/c1-16-14(8-11-4-6-17-10-11)12-2-3-15-13(9-12)5-7-18-15/h2-4,6,9-10,14,16H,5,7-8H2,1H3. The van der Waals surface area contributed by atoms with Gasteiger partial charge in [0, 0.05) is 12.5 Å². The molecule has 1 aliphatic heterocycles. The van der Waals surface area contributed by atoms with Crippen molar-refractivity contribution in [3.05, 3.63) is 53.5 Å². The van der Waals surface area contributed by atoms with Crippen molar-refractivity contribution in [2.24, 2.45) is 0 Å². The lowest BCUT2D eigenvalue weighted by atomic mass is 9.98. The highest BCUT2D eigenvalue weighted by Crippen LogP contribution is 2.29. The van der Waals surface area contributed by atoms with Crippen molar-refractivity contribution < 1.29 is 9.15 Å². The lowest BCUT2D eigenvalue weighted by molar-refractivity contribution is 0.356. The van der Waals surface area contributed by atoms with E-state index in [-0.39, 0.29) is 0 Å². The van der Waals surface area contributed by atoms with Crippen molar-refractivity contribution in [2.75, 3.05) is 13.7 Å². The van der Waals surface area contributed by atoms with Crippen molar-refractivity contribution in [3.8, 4) is 5.75 Å². The van der Waals surface area contributed by atoms with Crippen LogP contribution in [0.15, 0.2) is 41.2 Å². The zero-order valence-corrected chi connectivity index (χ0v) is 10.5. The van der Waals surface area contributed by atoms with E-state index in [9.17, 15) is 0 Å². The molecule has 0 saturated heterocycles. The lowest BCUT2D eigenvalue weighted by Gasteiger charge is -2.16. The highest BCUT2D eigenvalue weighted by Gasteiger charge is 2.16. The topological polar surface area (TPSA) is 34.4 Å². The zero-order chi connectivity index (χ0) is 12.4. The number of likely N-dealkylation sites (N-methyl/N-ethyl adjacent to an activating group) is 1. The van der Waals surface area contributed by atoms with Gasteiger partial charge in [-0.1, -0.05) is 12.1 Å². The number of hydrogen-bond donors (Lipinski definition) is 1. The maximum Gasteiger partial charge on any atom is 0.122 e. The summed E-state index contributed by atoms with van der Waals surface area (Å²) in [5.41, 5.74) is 3.84. The molecule has 1 aromatic heterocycles. The van der Waals surface area contributed by atoms with Gasteiger partial charge in [0.05, 0.1) is 19.1 Å². The molecule has 0 radical (unpaired) electrons. The molecule has 3 rings (SSSR count). The minimum absolute atomic E-state index is 0.313. The molecule has 18 heavy (non-hydrogen) atoms. The first-order valence-corrected chi connectivity index (χ1v) is 6.31. The number of benzene rings is 1. The maximum absolute atomic E-state index is 5.54.